The Kier molecular flexibility index (Phi) is 6.18. The second-order valence-corrected chi connectivity index (χ2v) is 14.1. The Bertz CT molecular complexity index is 806. The van der Waals surface area contributed by atoms with Crippen LogP contribution in [-0.2, 0) is 19.1 Å². The molecular weight excluding hydrogens is 440 g/mol. The lowest BCUT2D eigenvalue weighted by atomic mass is 9.47. The molecule has 0 bridgehead atoms. The van der Waals surface area contributed by atoms with E-state index < -0.39 is 0 Å². The van der Waals surface area contributed by atoms with E-state index in [4.69, 9.17) is 9.47 Å². The molecular formula is C26H38O4S2. The lowest BCUT2D eigenvalue weighted by Crippen LogP contribution is -2.53. The maximum atomic E-state index is 12.0. The number of carbonyl (C=O) groups is 2. The maximum absolute atomic E-state index is 12.0. The van der Waals surface area contributed by atoms with Crippen LogP contribution < -0.4 is 0 Å². The highest BCUT2D eigenvalue weighted by Gasteiger charge is 2.61. The van der Waals surface area contributed by atoms with Gasteiger partial charge in [-0.2, -0.15) is 0 Å². The van der Waals surface area contributed by atoms with Gasteiger partial charge >= 0.3 is 11.9 Å². The molecule has 0 N–H and O–H groups in total. The van der Waals surface area contributed by atoms with E-state index in [2.05, 4.69) is 19.9 Å². The minimum absolute atomic E-state index is 0.00576. The summed E-state index contributed by atoms with van der Waals surface area (Å²) in [6, 6.07) is 0. The number of hydrogen-bond acceptors (Lipinski definition) is 6. The fraction of sp³-hybridized carbons (Fsp3) is 0.846. The van der Waals surface area contributed by atoms with E-state index >= 15 is 0 Å². The Morgan fingerprint density at radius 2 is 1.69 bits per heavy atom. The number of rotatable bonds is 3. The molecule has 0 aromatic carbocycles. The van der Waals surface area contributed by atoms with Gasteiger partial charge in [-0.05, 0) is 68.1 Å². The molecule has 3 saturated carbocycles. The van der Waals surface area contributed by atoms with Gasteiger partial charge in [0.2, 0.25) is 0 Å². The van der Waals surface area contributed by atoms with Gasteiger partial charge < -0.3 is 9.47 Å². The predicted molar refractivity (Wildman–Crippen MR) is 130 cm³/mol. The quantitative estimate of drug-likeness (QED) is 0.375. The zero-order chi connectivity index (χ0) is 22.7. The number of hydrogen-bond donors (Lipinski definition) is 0. The molecule has 178 valence electrons. The van der Waals surface area contributed by atoms with Crippen LogP contribution in [0.3, 0.4) is 0 Å². The first kappa shape index (κ1) is 23.1. The van der Waals surface area contributed by atoms with Crippen LogP contribution in [0, 0.1) is 34.5 Å². The van der Waals surface area contributed by atoms with Gasteiger partial charge in [0.05, 0.1) is 4.58 Å². The third-order valence-corrected chi connectivity index (χ3v) is 12.9. The lowest BCUT2D eigenvalue weighted by molar-refractivity contribution is -0.160. The summed E-state index contributed by atoms with van der Waals surface area (Å²) in [5, 5.41) is 0. The van der Waals surface area contributed by atoms with Crippen molar-refractivity contribution in [3.8, 4) is 0 Å². The molecule has 0 aromatic heterocycles. The highest BCUT2D eigenvalue weighted by atomic mass is 32.2. The highest BCUT2D eigenvalue weighted by Crippen LogP contribution is 2.66. The molecule has 5 rings (SSSR count). The monoisotopic (exact) mass is 478 g/mol. The summed E-state index contributed by atoms with van der Waals surface area (Å²) >= 11 is 4.09. The van der Waals surface area contributed by atoms with Crippen LogP contribution >= 0.6 is 23.5 Å². The summed E-state index contributed by atoms with van der Waals surface area (Å²) in [5.41, 5.74) is 1.88. The first-order valence-electron chi connectivity index (χ1n) is 12.5. The van der Waals surface area contributed by atoms with Crippen LogP contribution in [0.2, 0.25) is 0 Å². The van der Waals surface area contributed by atoms with Gasteiger partial charge in [0.1, 0.15) is 12.2 Å². The smallest absolute Gasteiger partial charge is 0.302 e. The van der Waals surface area contributed by atoms with Gasteiger partial charge in [-0.1, -0.05) is 25.5 Å². The zero-order valence-corrected chi connectivity index (χ0v) is 21.6. The Balaban J connectivity index is 1.43. The Labute approximate surface area is 201 Å². The molecule has 6 heteroatoms. The maximum Gasteiger partial charge on any atom is 0.302 e. The summed E-state index contributed by atoms with van der Waals surface area (Å²) in [6.07, 6.45) is 10.5. The standard InChI is InChI=1S/C26H38O4S2/c1-15(27)29-22-14-26(4)17(13-19(22)24-31-11-12-32-24)5-6-18-20-7-8-23(30-16(2)28)25(20,3)10-9-21(18)26/h13,18-24H,5-12,14H2,1-4H3/t18-,19+,20-,21-,22+,23+,25-,26-/m0/s1. The molecule has 0 radical (unpaired) electrons. The molecule has 4 fully saturated rings. The third kappa shape index (κ3) is 3.76. The van der Waals surface area contributed by atoms with Crippen LogP contribution in [0.15, 0.2) is 11.6 Å². The molecule has 5 aliphatic rings. The fourth-order valence-electron chi connectivity index (χ4n) is 8.31. The SMILES string of the molecule is CC(=O)O[C@@H]1C[C@@]2(C)C(=C[C@H]1C1SCCS1)CC[C@H]1[C@@H]3CC[C@@H](OC(C)=O)[C@@]3(C)CC[C@@H]12. The van der Waals surface area contributed by atoms with Crippen LogP contribution in [-0.4, -0.2) is 40.2 Å². The largest absolute Gasteiger partial charge is 0.462 e. The summed E-state index contributed by atoms with van der Waals surface area (Å²) < 4.78 is 12.3. The van der Waals surface area contributed by atoms with Gasteiger partial charge in [0.15, 0.2) is 0 Å². The molecule has 4 nitrogen and oxygen atoms in total. The third-order valence-electron chi connectivity index (χ3n) is 9.68. The van der Waals surface area contributed by atoms with Gasteiger partial charge in [-0.15, -0.1) is 23.5 Å². The minimum atomic E-state index is -0.142. The van der Waals surface area contributed by atoms with Crippen molar-refractivity contribution in [3.63, 3.8) is 0 Å². The van der Waals surface area contributed by atoms with Crippen molar-refractivity contribution in [1.29, 1.82) is 0 Å². The van der Waals surface area contributed by atoms with E-state index in [1.165, 1.54) is 37.2 Å². The average Bonchev–Trinajstić information content (AvgIpc) is 3.35. The van der Waals surface area contributed by atoms with E-state index in [0.717, 1.165) is 19.3 Å². The summed E-state index contributed by atoms with van der Waals surface area (Å²) in [7, 11) is 0. The van der Waals surface area contributed by atoms with Gasteiger partial charge in [0, 0.05) is 36.7 Å². The molecule has 0 spiro atoms. The van der Waals surface area contributed by atoms with Crippen molar-refractivity contribution in [2.45, 2.75) is 89.4 Å². The number of carbonyl (C=O) groups excluding carboxylic acids is 2. The molecule has 1 saturated heterocycles. The molecule has 32 heavy (non-hydrogen) atoms. The van der Waals surface area contributed by atoms with Gasteiger partial charge in [-0.3, -0.25) is 9.59 Å². The molecule has 0 amide bonds. The Hall–Kier alpha value is -0.620. The van der Waals surface area contributed by atoms with Crippen LogP contribution in [0.5, 0.6) is 0 Å². The van der Waals surface area contributed by atoms with E-state index in [1.54, 1.807) is 19.4 Å². The molecule has 1 aliphatic heterocycles. The van der Waals surface area contributed by atoms with Crippen molar-refractivity contribution in [2.75, 3.05) is 11.5 Å². The number of esters is 2. The lowest BCUT2D eigenvalue weighted by Gasteiger charge is -2.59. The van der Waals surface area contributed by atoms with Crippen LogP contribution in [0.25, 0.3) is 0 Å². The second kappa shape index (κ2) is 8.55. The molecule has 0 aromatic rings. The predicted octanol–water partition coefficient (Wildman–Crippen LogP) is 5.84. The van der Waals surface area contributed by atoms with Gasteiger partial charge in [-0.25, -0.2) is 0 Å². The molecule has 1 heterocycles. The normalized spacial score (nSPS) is 45.9. The first-order chi connectivity index (χ1) is 15.2. The van der Waals surface area contributed by atoms with Crippen molar-refractivity contribution >= 4 is 35.5 Å². The number of allylic oxidation sites excluding steroid dienone is 1. The zero-order valence-electron chi connectivity index (χ0n) is 19.9. The fourth-order valence-corrected chi connectivity index (χ4v) is 11.5. The second-order valence-electron chi connectivity index (χ2n) is 11.3. The Morgan fingerprint density at radius 3 is 2.38 bits per heavy atom. The van der Waals surface area contributed by atoms with E-state index in [9.17, 15) is 9.59 Å². The topological polar surface area (TPSA) is 52.6 Å². The number of thioether (sulfide) groups is 2. The van der Waals surface area contributed by atoms with Crippen LogP contribution in [0.4, 0.5) is 0 Å². The molecule has 8 atom stereocenters. The van der Waals surface area contributed by atoms with E-state index in [0.29, 0.717) is 28.3 Å². The minimum Gasteiger partial charge on any atom is -0.462 e. The van der Waals surface area contributed by atoms with E-state index in [-0.39, 0.29) is 35.0 Å². The average molecular weight is 479 g/mol. The van der Waals surface area contributed by atoms with Crippen molar-refractivity contribution in [1.82, 2.24) is 0 Å². The van der Waals surface area contributed by atoms with Crippen molar-refractivity contribution < 1.29 is 19.1 Å². The number of fused-ring (bicyclic) bond motifs is 5. The molecule has 4 aliphatic carbocycles. The number of ether oxygens (including phenoxy) is 2. The van der Waals surface area contributed by atoms with Crippen molar-refractivity contribution in [2.24, 2.45) is 34.5 Å². The van der Waals surface area contributed by atoms with E-state index in [1.807, 2.05) is 23.5 Å². The Morgan fingerprint density at radius 1 is 0.969 bits per heavy atom. The van der Waals surface area contributed by atoms with Crippen molar-refractivity contribution in [3.05, 3.63) is 11.6 Å². The summed E-state index contributed by atoms with van der Waals surface area (Å²) in [6.45, 7) is 7.97. The summed E-state index contributed by atoms with van der Waals surface area (Å²) in [4.78, 5) is 23.8. The molecule has 0 unspecified atom stereocenters. The highest BCUT2D eigenvalue weighted by molar-refractivity contribution is 8.20. The van der Waals surface area contributed by atoms with Gasteiger partial charge in [0.25, 0.3) is 0 Å². The first-order valence-corrected chi connectivity index (χ1v) is 14.6. The van der Waals surface area contributed by atoms with Crippen LogP contribution in [0.1, 0.15) is 72.6 Å². The summed E-state index contributed by atoms with van der Waals surface area (Å²) in [5.74, 6) is 4.42.